The molecule has 4 rings (SSSR count). The molecule has 0 radical (unpaired) electrons. The molecule has 31 heavy (non-hydrogen) atoms. The van der Waals surface area contributed by atoms with Gasteiger partial charge in [0.15, 0.2) is 0 Å². The van der Waals surface area contributed by atoms with Crippen LogP contribution >= 0.6 is 23.2 Å². The lowest BCUT2D eigenvalue weighted by molar-refractivity contribution is 0.306. The Morgan fingerprint density at radius 1 is 1.03 bits per heavy atom. The number of hydrogen-bond acceptors (Lipinski definition) is 5. The Balaban J connectivity index is 1.74. The van der Waals surface area contributed by atoms with Gasteiger partial charge in [-0.05, 0) is 31.2 Å². The minimum absolute atomic E-state index is 0.614. The molecule has 0 atom stereocenters. The lowest BCUT2D eigenvalue weighted by atomic mass is 10.0. The highest BCUT2D eigenvalue weighted by Gasteiger charge is 2.16. The van der Waals surface area contributed by atoms with Crippen LogP contribution in [0.3, 0.4) is 0 Å². The van der Waals surface area contributed by atoms with E-state index in [0.29, 0.717) is 11.8 Å². The molecule has 0 amide bonds. The third kappa shape index (κ3) is 4.64. The molecule has 2 heterocycles. The van der Waals surface area contributed by atoms with Crippen LogP contribution in [0.15, 0.2) is 48.8 Å². The third-order valence-corrected chi connectivity index (χ3v) is 5.84. The third-order valence-electron chi connectivity index (χ3n) is 5.51. The first kappa shape index (κ1) is 21.9. The SMILES string of the molecule is COc1cc2cnccc2c2nc3ccccc3c(NCCCN(CCCl)CCCl)c12. The summed E-state index contributed by atoms with van der Waals surface area (Å²) >= 11 is 11.9. The minimum Gasteiger partial charge on any atom is -0.496 e. The van der Waals surface area contributed by atoms with Crippen molar-refractivity contribution in [2.75, 3.05) is 50.4 Å². The Morgan fingerprint density at radius 2 is 1.84 bits per heavy atom. The predicted octanol–water partition coefficient (Wildman–Crippen LogP) is 5.53. The summed E-state index contributed by atoms with van der Waals surface area (Å²) in [6.07, 6.45) is 4.63. The molecule has 0 bridgehead atoms. The summed E-state index contributed by atoms with van der Waals surface area (Å²) in [7, 11) is 1.70. The van der Waals surface area contributed by atoms with Crippen LogP contribution in [0.25, 0.3) is 32.6 Å². The van der Waals surface area contributed by atoms with Crippen molar-refractivity contribution in [2.24, 2.45) is 0 Å². The van der Waals surface area contributed by atoms with Crippen LogP contribution < -0.4 is 10.1 Å². The maximum absolute atomic E-state index is 5.93. The van der Waals surface area contributed by atoms with Gasteiger partial charge in [0, 0.05) is 59.9 Å². The highest BCUT2D eigenvalue weighted by Crippen LogP contribution is 2.40. The number of rotatable bonds is 10. The summed E-state index contributed by atoms with van der Waals surface area (Å²) < 4.78 is 5.79. The Kier molecular flexibility index (Phi) is 7.28. The Hall–Kier alpha value is -2.34. The number of fused-ring (bicyclic) bond motifs is 4. The van der Waals surface area contributed by atoms with Crippen molar-refractivity contribution >= 4 is 61.5 Å². The fourth-order valence-corrected chi connectivity index (χ4v) is 4.51. The van der Waals surface area contributed by atoms with E-state index in [1.807, 2.05) is 30.5 Å². The predicted molar refractivity (Wildman–Crippen MR) is 132 cm³/mol. The van der Waals surface area contributed by atoms with Crippen molar-refractivity contribution in [2.45, 2.75) is 6.42 Å². The number of para-hydroxylation sites is 1. The van der Waals surface area contributed by atoms with Crippen molar-refractivity contribution in [3.05, 3.63) is 48.8 Å². The quantitative estimate of drug-likeness (QED) is 0.147. The van der Waals surface area contributed by atoms with E-state index in [1.165, 1.54) is 0 Å². The van der Waals surface area contributed by atoms with E-state index in [-0.39, 0.29) is 0 Å². The number of halogens is 2. The standard InChI is InChI=1S/C24H26Cl2N4O/c1-31-21-15-17-16-27-11-7-18(17)24-22(21)23(19-5-2-3-6-20(19)29-24)28-10-4-12-30(13-8-25)14-9-26/h2-3,5-7,11,15-16H,4,8-10,12-14H2,1H3,(H,28,29). The van der Waals surface area contributed by atoms with Crippen LogP contribution in [0.1, 0.15) is 6.42 Å². The number of anilines is 1. The number of methoxy groups -OCH3 is 1. The van der Waals surface area contributed by atoms with Gasteiger partial charge in [0.25, 0.3) is 0 Å². The van der Waals surface area contributed by atoms with Gasteiger partial charge in [0.1, 0.15) is 5.75 Å². The molecule has 0 aliphatic rings. The molecule has 162 valence electrons. The zero-order valence-corrected chi connectivity index (χ0v) is 19.1. The maximum Gasteiger partial charge on any atom is 0.131 e. The fraction of sp³-hybridized carbons (Fsp3) is 0.333. The summed E-state index contributed by atoms with van der Waals surface area (Å²) in [6, 6.07) is 12.3. The molecule has 0 unspecified atom stereocenters. The van der Waals surface area contributed by atoms with Crippen LogP contribution in [0.5, 0.6) is 5.75 Å². The zero-order valence-electron chi connectivity index (χ0n) is 17.6. The molecular formula is C24H26Cl2N4O. The van der Waals surface area contributed by atoms with Gasteiger partial charge in [-0.1, -0.05) is 18.2 Å². The van der Waals surface area contributed by atoms with Crippen molar-refractivity contribution in [3.8, 4) is 5.75 Å². The second-order valence-corrected chi connectivity index (χ2v) is 8.16. The molecule has 0 saturated heterocycles. The van der Waals surface area contributed by atoms with Crippen LogP contribution in [0.4, 0.5) is 5.69 Å². The number of nitrogens with one attached hydrogen (secondary N) is 1. The first-order chi connectivity index (χ1) is 15.3. The van der Waals surface area contributed by atoms with Gasteiger partial charge in [0.2, 0.25) is 0 Å². The maximum atomic E-state index is 5.93. The fourth-order valence-electron chi connectivity index (χ4n) is 4.03. The van der Waals surface area contributed by atoms with Gasteiger partial charge >= 0.3 is 0 Å². The van der Waals surface area contributed by atoms with Gasteiger partial charge in [0.05, 0.1) is 29.2 Å². The monoisotopic (exact) mass is 456 g/mol. The van der Waals surface area contributed by atoms with E-state index in [4.69, 9.17) is 32.9 Å². The lowest BCUT2D eigenvalue weighted by Crippen LogP contribution is -2.30. The number of pyridine rings is 2. The normalized spacial score (nSPS) is 11.6. The molecule has 2 aromatic heterocycles. The van der Waals surface area contributed by atoms with E-state index in [9.17, 15) is 0 Å². The molecular weight excluding hydrogens is 431 g/mol. The summed E-state index contributed by atoms with van der Waals surface area (Å²) in [5, 5.41) is 7.84. The average Bonchev–Trinajstić information content (AvgIpc) is 2.80. The highest BCUT2D eigenvalue weighted by atomic mass is 35.5. The molecule has 2 aromatic carbocycles. The van der Waals surface area contributed by atoms with E-state index >= 15 is 0 Å². The van der Waals surface area contributed by atoms with E-state index < -0.39 is 0 Å². The molecule has 1 N–H and O–H groups in total. The molecule has 4 aromatic rings. The number of nitrogens with zero attached hydrogens (tertiary/aromatic N) is 3. The summed E-state index contributed by atoms with van der Waals surface area (Å²) in [4.78, 5) is 11.6. The Morgan fingerprint density at radius 3 is 2.61 bits per heavy atom. The second-order valence-electron chi connectivity index (χ2n) is 7.40. The van der Waals surface area contributed by atoms with Crippen LogP contribution in [-0.4, -0.2) is 59.9 Å². The topological polar surface area (TPSA) is 50.3 Å². The molecule has 7 heteroatoms. The first-order valence-corrected chi connectivity index (χ1v) is 11.5. The van der Waals surface area contributed by atoms with Crippen LogP contribution in [0.2, 0.25) is 0 Å². The Labute approximate surface area is 192 Å². The molecule has 0 fully saturated rings. The van der Waals surface area contributed by atoms with E-state index in [2.05, 4.69) is 27.3 Å². The van der Waals surface area contributed by atoms with Crippen LogP contribution in [0, 0.1) is 0 Å². The number of aromatic nitrogens is 2. The minimum atomic E-state index is 0.614. The number of benzene rings is 2. The molecule has 5 nitrogen and oxygen atoms in total. The Bertz CT molecular complexity index is 1180. The van der Waals surface area contributed by atoms with Gasteiger partial charge in [-0.15, -0.1) is 23.2 Å². The number of alkyl halides is 2. The van der Waals surface area contributed by atoms with Crippen molar-refractivity contribution in [3.63, 3.8) is 0 Å². The summed E-state index contributed by atoms with van der Waals surface area (Å²) in [6.45, 7) is 3.47. The van der Waals surface area contributed by atoms with Crippen LogP contribution in [-0.2, 0) is 0 Å². The van der Waals surface area contributed by atoms with Gasteiger partial charge in [-0.3, -0.25) is 4.98 Å². The molecule has 0 aliphatic carbocycles. The van der Waals surface area contributed by atoms with Crippen molar-refractivity contribution in [1.29, 1.82) is 0 Å². The summed E-state index contributed by atoms with van der Waals surface area (Å²) in [5.74, 6) is 2.02. The first-order valence-electron chi connectivity index (χ1n) is 10.5. The van der Waals surface area contributed by atoms with Gasteiger partial charge in [-0.2, -0.15) is 0 Å². The van der Waals surface area contributed by atoms with E-state index in [0.717, 1.165) is 76.6 Å². The van der Waals surface area contributed by atoms with Gasteiger partial charge in [-0.25, -0.2) is 4.98 Å². The second kappa shape index (κ2) is 10.3. The number of hydrogen-bond donors (Lipinski definition) is 1. The largest absolute Gasteiger partial charge is 0.496 e. The smallest absolute Gasteiger partial charge is 0.131 e. The molecule has 0 aliphatic heterocycles. The molecule has 0 spiro atoms. The van der Waals surface area contributed by atoms with E-state index in [1.54, 1.807) is 13.3 Å². The van der Waals surface area contributed by atoms with Gasteiger partial charge < -0.3 is 15.0 Å². The number of ether oxygens (including phenoxy) is 1. The highest BCUT2D eigenvalue weighted by molar-refractivity contribution is 6.19. The lowest BCUT2D eigenvalue weighted by Gasteiger charge is -2.21. The molecule has 0 saturated carbocycles. The summed E-state index contributed by atoms with van der Waals surface area (Å²) in [5.41, 5.74) is 2.93. The zero-order chi connectivity index (χ0) is 21.6. The average molecular weight is 457 g/mol. The van der Waals surface area contributed by atoms with Crippen molar-refractivity contribution in [1.82, 2.24) is 14.9 Å². The van der Waals surface area contributed by atoms with Crippen molar-refractivity contribution < 1.29 is 4.74 Å².